The number of nitrogens with zero attached hydrogens (tertiary/aromatic N) is 1. The van der Waals surface area contributed by atoms with E-state index < -0.39 is 0 Å². The second-order valence-electron chi connectivity index (χ2n) is 5.32. The van der Waals surface area contributed by atoms with E-state index in [4.69, 9.17) is 10.6 Å². The number of ether oxygens (including phenoxy) is 1. The molecule has 3 N–H and O–H groups in total. The Hall–Kier alpha value is -0.490. The van der Waals surface area contributed by atoms with Crippen molar-refractivity contribution < 1.29 is 4.74 Å². The number of rotatable bonds is 4. The number of aryl methyl sites for hydroxylation is 1. The van der Waals surface area contributed by atoms with E-state index in [9.17, 15) is 0 Å². The summed E-state index contributed by atoms with van der Waals surface area (Å²) in [6.07, 6.45) is 1.42. The lowest BCUT2D eigenvalue weighted by Crippen LogP contribution is -2.46. The van der Waals surface area contributed by atoms with E-state index in [1.54, 1.807) is 11.3 Å². The molecule has 2 heterocycles. The van der Waals surface area contributed by atoms with Crippen LogP contribution in [0.4, 0.5) is 0 Å². The molecule has 0 amide bonds. The van der Waals surface area contributed by atoms with Crippen molar-refractivity contribution >= 4 is 11.3 Å². The van der Waals surface area contributed by atoms with Crippen molar-refractivity contribution in [1.29, 1.82) is 0 Å². The van der Waals surface area contributed by atoms with Gasteiger partial charge in [0.05, 0.1) is 22.9 Å². The number of hydrogen-bond donors (Lipinski definition) is 2. The molecule has 5 heteroatoms. The Morgan fingerprint density at radius 2 is 2.17 bits per heavy atom. The molecule has 0 saturated carbocycles. The quantitative estimate of drug-likeness (QED) is 0.647. The van der Waals surface area contributed by atoms with E-state index >= 15 is 0 Å². The summed E-state index contributed by atoms with van der Waals surface area (Å²) in [6.45, 7) is 8.56. The van der Waals surface area contributed by atoms with Crippen LogP contribution in [0.2, 0.25) is 0 Å². The highest BCUT2D eigenvalue weighted by atomic mass is 32.1. The van der Waals surface area contributed by atoms with Crippen LogP contribution in [0.15, 0.2) is 5.38 Å². The molecule has 1 aliphatic heterocycles. The second kappa shape index (κ2) is 5.65. The molecule has 1 aromatic rings. The maximum absolute atomic E-state index is 5.90. The van der Waals surface area contributed by atoms with Gasteiger partial charge in [-0.25, -0.2) is 4.98 Å². The van der Waals surface area contributed by atoms with Crippen molar-refractivity contribution in [3.8, 4) is 0 Å². The maximum Gasteiger partial charge on any atom is 0.0897 e. The van der Waals surface area contributed by atoms with Crippen LogP contribution in [0, 0.1) is 18.8 Å². The average Bonchev–Trinajstić information content (AvgIpc) is 2.82. The Bertz CT molecular complexity index is 395. The Balaban J connectivity index is 2.08. The number of nitrogens with two attached hydrogens (primary N) is 1. The highest BCUT2D eigenvalue weighted by molar-refractivity contribution is 7.09. The van der Waals surface area contributed by atoms with Gasteiger partial charge in [0, 0.05) is 23.8 Å². The largest absolute Gasteiger partial charge is 0.375 e. The molecule has 18 heavy (non-hydrogen) atoms. The van der Waals surface area contributed by atoms with Crippen LogP contribution in [0.5, 0.6) is 0 Å². The molecular formula is C13H23N3OS. The highest BCUT2D eigenvalue weighted by Gasteiger charge is 2.41. The van der Waals surface area contributed by atoms with Crippen LogP contribution in [0.3, 0.4) is 0 Å². The molecule has 1 saturated heterocycles. The lowest BCUT2D eigenvalue weighted by atomic mass is 9.82. The predicted octanol–water partition coefficient (Wildman–Crippen LogP) is 1.89. The fourth-order valence-electron chi connectivity index (χ4n) is 3.02. The first kappa shape index (κ1) is 13.9. The average molecular weight is 269 g/mol. The van der Waals surface area contributed by atoms with Crippen LogP contribution >= 0.6 is 11.3 Å². The van der Waals surface area contributed by atoms with Crippen molar-refractivity contribution in [2.45, 2.75) is 52.4 Å². The molecule has 102 valence electrons. The van der Waals surface area contributed by atoms with Crippen molar-refractivity contribution in [3.63, 3.8) is 0 Å². The molecule has 5 atom stereocenters. The van der Waals surface area contributed by atoms with Crippen molar-refractivity contribution in [1.82, 2.24) is 10.4 Å². The molecule has 1 aromatic heterocycles. The fourth-order valence-corrected chi connectivity index (χ4v) is 3.65. The first-order valence-corrected chi connectivity index (χ1v) is 7.43. The Morgan fingerprint density at radius 1 is 1.44 bits per heavy atom. The minimum absolute atomic E-state index is 0.224. The Morgan fingerprint density at radius 3 is 2.61 bits per heavy atom. The molecule has 1 aliphatic rings. The van der Waals surface area contributed by atoms with Gasteiger partial charge >= 0.3 is 0 Å². The standard InChI is InChI=1S/C13H23N3OS/c1-7-8(2)17-9(3)13(7)12(16-14)5-11-6-18-10(4)15-11/h6-9,12-13,16H,5,14H2,1-4H3. The normalized spacial score (nSPS) is 33.8. The summed E-state index contributed by atoms with van der Waals surface area (Å²) in [5.41, 5.74) is 4.09. The van der Waals surface area contributed by atoms with Crippen molar-refractivity contribution in [3.05, 3.63) is 16.1 Å². The Labute approximate surface area is 113 Å². The van der Waals surface area contributed by atoms with Gasteiger partial charge in [0.25, 0.3) is 0 Å². The minimum Gasteiger partial charge on any atom is -0.375 e. The molecule has 0 spiro atoms. The van der Waals surface area contributed by atoms with E-state index in [0.29, 0.717) is 17.9 Å². The summed E-state index contributed by atoms with van der Waals surface area (Å²) in [6, 6.07) is 0.224. The topological polar surface area (TPSA) is 60.2 Å². The van der Waals surface area contributed by atoms with E-state index in [-0.39, 0.29) is 12.1 Å². The molecule has 1 fully saturated rings. The summed E-state index contributed by atoms with van der Waals surface area (Å²) >= 11 is 1.69. The van der Waals surface area contributed by atoms with Gasteiger partial charge in [-0.1, -0.05) is 6.92 Å². The molecule has 4 nitrogen and oxygen atoms in total. The van der Waals surface area contributed by atoms with Crippen LogP contribution in [-0.4, -0.2) is 23.2 Å². The van der Waals surface area contributed by atoms with E-state index in [1.165, 1.54) is 0 Å². The first-order valence-electron chi connectivity index (χ1n) is 6.55. The monoisotopic (exact) mass is 269 g/mol. The van der Waals surface area contributed by atoms with E-state index in [2.05, 4.69) is 36.6 Å². The number of hydrazine groups is 1. The molecular weight excluding hydrogens is 246 g/mol. The third kappa shape index (κ3) is 2.74. The van der Waals surface area contributed by atoms with Gasteiger partial charge in [-0.15, -0.1) is 11.3 Å². The second-order valence-corrected chi connectivity index (χ2v) is 6.38. The summed E-state index contributed by atoms with van der Waals surface area (Å²) in [4.78, 5) is 4.52. The zero-order valence-electron chi connectivity index (χ0n) is 11.5. The lowest BCUT2D eigenvalue weighted by Gasteiger charge is -2.27. The smallest absolute Gasteiger partial charge is 0.0897 e. The zero-order valence-corrected chi connectivity index (χ0v) is 12.3. The van der Waals surface area contributed by atoms with Gasteiger partial charge in [0.15, 0.2) is 0 Å². The zero-order chi connectivity index (χ0) is 13.3. The molecule has 5 unspecified atom stereocenters. The molecule has 0 aromatic carbocycles. The minimum atomic E-state index is 0.224. The number of nitrogens with one attached hydrogen (secondary N) is 1. The van der Waals surface area contributed by atoms with Crippen LogP contribution in [0.25, 0.3) is 0 Å². The number of thiazole rings is 1. The number of aromatic nitrogens is 1. The highest BCUT2D eigenvalue weighted by Crippen LogP contribution is 2.35. The van der Waals surface area contributed by atoms with Gasteiger partial charge in [-0.05, 0) is 26.7 Å². The summed E-state index contributed by atoms with van der Waals surface area (Å²) in [5.74, 6) is 6.70. The van der Waals surface area contributed by atoms with Crippen LogP contribution in [0.1, 0.15) is 31.5 Å². The SMILES string of the molecule is Cc1nc(CC(NN)C2C(C)OC(C)C2C)cs1. The van der Waals surface area contributed by atoms with Crippen LogP contribution in [-0.2, 0) is 11.2 Å². The predicted molar refractivity (Wildman–Crippen MR) is 74.3 cm³/mol. The van der Waals surface area contributed by atoms with E-state index in [0.717, 1.165) is 17.1 Å². The first-order chi connectivity index (χ1) is 8.52. The molecule has 0 aliphatic carbocycles. The van der Waals surface area contributed by atoms with Gasteiger partial charge < -0.3 is 4.74 Å². The van der Waals surface area contributed by atoms with Gasteiger partial charge in [0.1, 0.15) is 0 Å². The molecule has 2 rings (SSSR count). The Kier molecular flexibility index (Phi) is 4.37. The maximum atomic E-state index is 5.90. The van der Waals surface area contributed by atoms with Crippen LogP contribution < -0.4 is 11.3 Å². The summed E-state index contributed by atoms with van der Waals surface area (Å²) < 4.78 is 5.90. The number of hydrogen-bond acceptors (Lipinski definition) is 5. The van der Waals surface area contributed by atoms with Gasteiger partial charge in [-0.2, -0.15) is 0 Å². The third-order valence-electron chi connectivity index (χ3n) is 4.09. The van der Waals surface area contributed by atoms with Gasteiger partial charge in [-0.3, -0.25) is 11.3 Å². The summed E-state index contributed by atoms with van der Waals surface area (Å²) in [7, 11) is 0. The van der Waals surface area contributed by atoms with Gasteiger partial charge in [0.2, 0.25) is 0 Å². The molecule has 0 radical (unpaired) electrons. The van der Waals surface area contributed by atoms with E-state index in [1.807, 2.05) is 6.92 Å². The molecule has 0 bridgehead atoms. The van der Waals surface area contributed by atoms with Crippen molar-refractivity contribution in [2.75, 3.05) is 0 Å². The third-order valence-corrected chi connectivity index (χ3v) is 4.92. The fraction of sp³-hybridized carbons (Fsp3) is 0.769. The van der Waals surface area contributed by atoms with Crippen molar-refractivity contribution in [2.24, 2.45) is 17.7 Å². The lowest BCUT2D eigenvalue weighted by molar-refractivity contribution is 0.0475. The summed E-state index contributed by atoms with van der Waals surface area (Å²) in [5, 5.41) is 3.23.